The lowest BCUT2D eigenvalue weighted by Crippen LogP contribution is -2.00. The molecule has 4 rings (SSSR count). The molecule has 1 aromatic heterocycles. The predicted octanol–water partition coefficient (Wildman–Crippen LogP) is 5.71. The second-order valence-corrected chi connectivity index (χ2v) is 7.03. The second kappa shape index (κ2) is 8.51. The summed E-state index contributed by atoms with van der Waals surface area (Å²) in [6.45, 7) is 0.317. The third kappa shape index (κ3) is 4.11. The normalized spacial score (nSPS) is 10.8. The summed E-state index contributed by atoms with van der Waals surface area (Å²) in [7, 11) is 3.23. The molecular formula is C24H19ClO5. The van der Waals surface area contributed by atoms with Crippen molar-refractivity contribution in [3.05, 3.63) is 87.7 Å². The van der Waals surface area contributed by atoms with E-state index < -0.39 is 5.63 Å². The van der Waals surface area contributed by atoms with Gasteiger partial charge in [0.1, 0.15) is 29.4 Å². The molecule has 152 valence electrons. The zero-order valence-electron chi connectivity index (χ0n) is 16.5. The average Bonchev–Trinajstić information content (AvgIpc) is 2.78. The molecule has 0 saturated heterocycles. The van der Waals surface area contributed by atoms with Crippen LogP contribution in [0.2, 0.25) is 5.02 Å². The third-order valence-electron chi connectivity index (χ3n) is 4.75. The molecular weight excluding hydrogens is 404 g/mol. The van der Waals surface area contributed by atoms with Crippen LogP contribution < -0.4 is 19.8 Å². The number of methoxy groups -OCH3 is 2. The van der Waals surface area contributed by atoms with Crippen molar-refractivity contribution in [2.75, 3.05) is 14.2 Å². The van der Waals surface area contributed by atoms with E-state index in [0.29, 0.717) is 23.0 Å². The highest BCUT2D eigenvalue weighted by molar-refractivity contribution is 6.33. The Morgan fingerprint density at radius 1 is 0.867 bits per heavy atom. The van der Waals surface area contributed by atoms with Crippen molar-refractivity contribution in [1.82, 2.24) is 0 Å². The Balaban J connectivity index is 1.68. The Hall–Kier alpha value is -3.44. The largest absolute Gasteiger partial charge is 0.497 e. The Morgan fingerprint density at radius 3 is 2.13 bits per heavy atom. The fourth-order valence-corrected chi connectivity index (χ4v) is 3.38. The van der Waals surface area contributed by atoms with Gasteiger partial charge in [0, 0.05) is 17.5 Å². The van der Waals surface area contributed by atoms with E-state index >= 15 is 0 Å². The number of hydrogen-bond acceptors (Lipinski definition) is 5. The van der Waals surface area contributed by atoms with Crippen LogP contribution in [-0.4, -0.2) is 14.2 Å². The molecule has 0 aliphatic heterocycles. The standard InChI is InChI=1S/C24H19ClO5/c1-27-17-7-3-15(4-8-17)14-29-23-13-22-20(11-21(23)25)19(12-24(26)30-22)16-5-9-18(28-2)10-6-16/h3-13H,14H2,1-2H3. The molecule has 0 N–H and O–H groups in total. The first-order chi connectivity index (χ1) is 14.6. The van der Waals surface area contributed by atoms with Crippen LogP contribution >= 0.6 is 11.6 Å². The molecule has 0 unspecified atom stereocenters. The number of ether oxygens (including phenoxy) is 3. The highest BCUT2D eigenvalue weighted by Crippen LogP contribution is 2.35. The van der Waals surface area contributed by atoms with E-state index in [2.05, 4.69) is 0 Å². The Kier molecular flexibility index (Phi) is 5.63. The average molecular weight is 423 g/mol. The molecule has 0 spiro atoms. The summed E-state index contributed by atoms with van der Waals surface area (Å²) in [5, 5.41) is 1.15. The van der Waals surface area contributed by atoms with Gasteiger partial charge < -0.3 is 18.6 Å². The van der Waals surface area contributed by atoms with Gasteiger partial charge in [0.05, 0.1) is 19.2 Å². The fourth-order valence-electron chi connectivity index (χ4n) is 3.17. The van der Waals surface area contributed by atoms with Gasteiger partial charge in [-0.2, -0.15) is 0 Å². The maximum Gasteiger partial charge on any atom is 0.336 e. The molecule has 6 heteroatoms. The van der Waals surface area contributed by atoms with Gasteiger partial charge in [-0.15, -0.1) is 0 Å². The van der Waals surface area contributed by atoms with E-state index in [0.717, 1.165) is 33.6 Å². The number of halogens is 1. The van der Waals surface area contributed by atoms with Gasteiger partial charge in [0.15, 0.2) is 0 Å². The van der Waals surface area contributed by atoms with Crippen molar-refractivity contribution < 1.29 is 18.6 Å². The summed E-state index contributed by atoms with van der Waals surface area (Å²) >= 11 is 6.48. The number of benzene rings is 3. The quantitative estimate of drug-likeness (QED) is 0.372. The SMILES string of the molecule is COc1ccc(COc2cc3oc(=O)cc(-c4ccc(OC)cc4)c3cc2Cl)cc1. The van der Waals surface area contributed by atoms with E-state index in [1.165, 1.54) is 6.07 Å². The smallest absolute Gasteiger partial charge is 0.336 e. The molecule has 0 atom stereocenters. The van der Waals surface area contributed by atoms with Crippen LogP contribution in [0.1, 0.15) is 5.56 Å². The minimum atomic E-state index is -0.447. The molecule has 30 heavy (non-hydrogen) atoms. The van der Waals surface area contributed by atoms with Gasteiger partial charge in [-0.3, -0.25) is 0 Å². The molecule has 0 amide bonds. The van der Waals surface area contributed by atoms with Crippen LogP contribution in [0.5, 0.6) is 17.2 Å². The molecule has 4 aromatic rings. The Morgan fingerprint density at radius 2 is 1.50 bits per heavy atom. The van der Waals surface area contributed by atoms with Gasteiger partial charge in [-0.1, -0.05) is 35.9 Å². The van der Waals surface area contributed by atoms with Gasteiger partial charge in [-0.25, -0.2) is 4.79 Å². The van der Waals surface area contributed by atoms with Gasteiger partial charge in [0.25, 0.3) is 0 Å². The van der Waals surface area contributed by atoms with Crippen molar-refractivity contribution in [2.24, 2.45) is 0 Å². The topological polar surface area (TPSA) is 57.9 Å². The molecule has 0 fully saturated rings. The van der Waals surface area contributed by atoms with Crippen molar-refractivity contribution in [3.8, 4) is 28.4 Å². The van der Waals surface area contributed by atoms with E-state index in [1.54, 1.807) is 26.4 Å². The van der Waals surface area contributed by atoms with Crippen LogP contribution in [0.4, 0.5) is 0 Å². The predicted molar refractivity (Wildman–Crippen MR) is 117 cm³/mol. The van der Waals surface area contributed by atoms with Crippen LogP contribution in [0.15, 0.2) is 75.9 Å². The van der Waals surface area contributed by atoms with Gasteiger partial charge >= 0.3 is 5.63 Å². The highest BCUT2D eigenvalue weighted by Gasteiger charge is 2.13. The van der Waals surface area contributed by atoms with Gasteiger partial charge in [-0.05, 0) is 47.0 Å². The first kappa shape index (κ1) is 19.9. The van der Waals surface area contributed by atoms with Crippen LogP contribution in [-0.2, 0) is 6.61 Å². The molecule has 0 bridgehead atoms. The first-order valence-corrected chi connectivity index (χ1v) is 9.63. The lowest BCUT2D eigenvalue weighted by atomic mass is 10.0. The van der Waals surface area contributed by atoms with Gasteiger partial charge in [0.2, 0.25) is 0 Å². The lowest BCUT2D eigenvalue weighted by molar-refractivity contribution is 0.306. The zero-order chi connectivity index (χ0) is 21.1. The number of fused-ring (bicyclic) bond motifs is 1. The fraction of sp³-hybridized carbons (Fsp3) is 0.125. The van der Waals surface area contributed by atoms with Crippen molar-refractivity contribution >= 4 is 22.6 Å². The van der Waals surface area contributed by atoms with Crippen LogP contribution in [0.3, 0.4) is 0 Å². The summed E-state index contributed by atoms with van der Waals surface area (Å²) in [6, 6.07) is 19.8. The maximum absolute atomic E-state index is 12.2. The molecule has 1 heterocycles. The molecule has 5 nitrogen and oxygen atoms in total. The third-order valence-corrected chi connectivity index (χ3v) is 5.05. The summed E-state index contributed by atoms with van der Waals surface area (Å²) in [4.78, 5) is 12.2. The zero-order valence-corrected chi connectivity index (χ0v) is 17.2. The molecule has 0 aliphatic rings. The first-order valence-electron chi connectivity index (χ1n) is 9.25. The Bertz CT molecular complexity index is 1230. The second-order valence-electron chi connectivity index (χ2n) is 6.62. The van der Waals surface area contributed by atoms with E-state index in [1.807, 2.05) is 48.5 Å². The van der Waals surface area contributed by atoms with Crippen molar-refractivity contribution in [1.29, 1.82) is 0 Å². The highest BCUT2D eigenvalue weighted by atomic mass is 35.5. The van der Waals surface area contributed by atoms with E-state index in [4.69, 9.17) is 30.2 Å². The number of rotatable bonds is 6. The van der Waals surface area contributed by atoms with E-state index in [9.17, 15) is 4.79 Å². The summed E-state index contributed by atoms with van der Waals surface area (Å²) in [5.41, 5.74) is 2.50. The lowest BCUT2D eigenvalue weighted by Gasteiger charge is -2.12. The van der Waals surface area contributed by atoms with Crippen LogP contribution in [0.25, 0.3) is 22.1 Å². The summed E-state index contributed by atoms with van der Waals surface area (Å²) in [6.07, 6.45) is 0. The summed E-state index contributed by atoms with van der Waals surface area (Å²) < 4.78 is 21.6. The molecule has 0 aliphatic carbocycles. The monoisotopic (exact) mass is 422 g/mol. The number of hydrogen-bond donors (Lipinski definition) is 0. The van der Waals surface area contributed by atoms with E-state index in [-0.39, 0.29) is 0 Å². The Labute approximate surface area is 178 Å². The van der Waals surface area contributed by atoms with Crippen molar-refractivity contribution in [2.45, 2.75) is 6.61 Å². The minimum absolute atomic E-state index is 0.317. The summed E-state index contributed by atoms with van der Waals surface area (Å²) in [5.74, 6) is 1.95. The maximum atomic E-state index is 12.2. The molecule has 3 aromatic carbocycles. The van der Waals surface area contributed by atoms with Crippen LogP contribution in [0, 0.1) is 0 Å². The minimum Gasteiger partial charge on any atom is -0.497 e. The molecule has 0 saturated carbocycles. The molecule has 0 radical (unpaired) electrons. The van der Waals surface area contributed by atoms with Crippen molar-refractivity contribution in [3.63, 3.8) is 0 Å².